The smallest absolute Gasteiger partial charge is 0.315 e. The zero-order valence-corrected chi connectivity index (χ0v) is 11.1. The molecule has 0 aliphatic heterocycles. The summed E-state index contributed by atoms with van der Waals surface area (Å²) >= 11 is -0.0751. The summed E-state index contributed by atoms with van der Waals surface area (Å²) in [5.41, 5.74) is -2.67. The fourth-order valence-electron chi connectivity index (χ4n) is 2.16. The average Bonchev–Trinajstić information content (AvgIpc) is 2.77. The molecule has 1 heterocycles. The Hall–Kier alpha value is -1.88. The lowest BCUT2D eigenvalue weighted by molar-refractivity contribution is -0.0327. The quantitative estimate of drug-likeness (QED) is 0.585. The number of thioether (sulfide) groups is 1. The van der Waals surface area contributed by atoms with Gasteiger partial charge in [0.2, 0.25) is 0 Å². The third-order valence-corrected chi connectivity index (χ3v) is 3.71. The van der Waals surface area contributed by atoms with Crippen LogP contribution in [0.2, 0.25) is 0 Å². The lowest BCUT2D eigenvalue weighted by Crippen LogP contribution is -1.98. The van der Waals surface area contributed by atoms with Crippen LogP contribution in [0.1, 0.15) is 0 Å². The molecule has 102 valence electrons. The Bertz CT molecular complexity index is 732. The van der Waals surface area contributed by atoms with Crippen LogP contribution in [0.25, 0.3) is 16.6 Å². The van der Waals surface area contributed by atoms with Crippen LogP contribution in [-0.2, 0) is 0 Å². The molecule has 0 radical (unpaired) electrons. The van der Waals surface area contributed by atoms with Gasteiger partial charge in [0.1, 0.15) is 0 Å². The molecule has 2 aromatic carbocycles. The van der Waals surface area contributed by atoms with Crippen LogP contribution in [0.15, 0.2) is 65.7 Å². The number of alkyl halides is 3. The number of aromatic nitrogens is 1. The number of para-hydroxylation sites is 2. The number of hydrogen-bond donors (Lipinski definition) is 0. The van der Waals surface area contributed by atoms with E-state index in [-0.39, 0.29) is 16.7 Å². The summed E-state index contributed by atoms with van der Waals surface area (Å²) in [6.07, 6.45) is 1.54. The van der Waals surface area contributed by atoms with Crippen LogP contribution in [0.5, 0.6) is 0 Å². The van der Waals surface area contributed by atoms with E-state index in [4.69, 9.17) is 0 Å². The first-order valence-electron chi connectivity index (χ1n) is 5.96. The first-order valence-corrected chi connectivity index (χ1v) is 6.77. The van der Waals surface area contributed by atoms with E-state index in [1.807, 2.05) is 42.5 Å². The van der Waals surface area contributed by atoms with Gasteiger partial charge in [-0.1, -0.05) is 36.4 Å². The van der Waals surface area contributed by atoms with Crippen molar-refractivity contribution in [1.29, 1.82) is 0 Å². The molecule has 3 aromatic rings. The lowest BCUT2D eigenvalue weighted by atomic mass is 10.2. The van der Waals surface area contributed by atoms with Crippen molar-refractivity contribution < 1.29 is 13.2 Å². The van der Waals surface area contributed by atoms with E-state index in [0.717, 1.165) is 11.2 Å². The molecular weight excluding hydrogens is 283 g/mol. The molecule has 1 nitrogen and oxygen atoms in total. The Morgan fingerprint density at radius 3 is 2.20 bits per heavy atom. The minimum absolute atomic E-state index is 0.0751. The van der Waals surface area contributed by atoms with E-state index in [2.05, 4.69) is 0 Å². The third-order valence-electron chi connectivity index (χ3n) is 2.94. The third kappa shape index (κ3) is 2.54. The maximum Gasteiger partial charge on any atom is 0.446 e. The van der Waals surface area contributed by atoms with Gasteiger partial charge in [-0.2, -0.15) is 13.2 Å². The van der Waals surface area contributed by atoms with Gasteiger partial charge in [-0.15, -0.1) is 0 Å². The maximum absolute atomic E-state index is 12.6. The minimum Gasteiger partial charge on any atom is -0.315 e. The summed E-state index contributed by atoms with van der Waals surface area (Å²) in [4.78, 5) is 0.219. The fraction of sp³-hybridized carbons (Fsp3) is 0.0667. The molecular formula is C15H10F3NS. The molecule has 0 spiro atoms. The molecule has 5 heteroatoms. The fourth-order valence-corrected chi connectivity index (χ4v) is 2.85. The second-order valence-corrected chi connectivity index (χ2v) is 5.37. The van der Waals surface area contributed by atoms with E-state index in [1.54, 1.807) is 16.7 Å². The van der Waals surface area contributed by atoms with E-state index < -0.39 is 5.51 Å². The van der Waals surface area contributed by atoms with Gasteiger partial charge in [-0.3, -0.25) is 0 Å². The average molecular weight is 293 g/mol. The second-order valence-electron chi connectivity index (χ2n) is 4.26. The summed E-state index contributed by atoms with van der Waals surface area (Å²) in [7, 11) is 0. The van der Waals surface area contributed by atoms with Crippen molar-refractivity contribution in [3.8, 4) is 5.69 Å². The summed E-state index contributed by atoms with van der Waals surface area (Å²) in [6.45, 7) is 0. The zero-order valence-electron chi connectivity index (χ0n) is 10.3. The van der Waals surface area contributed by atoms with Crippen LogP contribution in [-0.4, -0.2) is 10.1 Å². The number of nitrogens with zero attached hydrogens (tertiary/aromatic N) is 1. The predicted molar refractivity (Wildman–Crippen MR) is 75.2 cm³/mol. The van der Waals surface area contributed by atoms with Crippen molar-refractivity contribution >= 4 is 22.7 Å². The number of hydrogen-bond acceptors (Lipinski definition) is 1. The standard InChI is InChI=1S/C15H10F3NS/c16-15(17,18)20-14-10-19(11-6-2-1-3-7-11)13-9-5-4-8-12(13)14/h1-10H. The van der Waals surface area contributed by atoms with Crippen LogP contribution in [0.4, 0.5) is 13.2 Å². The molecule has 1 aromatic heterocycles. The van der Waals surface area contributed by atoms with Crippen molar-refractivity contribution in [2.75, 3.05) is 0 Å². The van der Waals surface area contributed by atoms with Crippen molar-refractivity contribution in [3.63, 3.8) is 0 Å². The van der Waals surface area contributed by atoms with Gasteiger partial charge in [-0.25, -0.2) is 0 Å². The van der Waals surface area contributed by atoms with Gasteiger partial charge < -0.3 is 4.57 Å². The Balaban J connectivity index is 2.19. The normalized spacial score (nSPS) is 11.9. The van der Waals surface area contributed by atoms with Crippen molar-refractivity contribution in [2.24, 2.45) is 0 Å². The molecule has 0 saturated carbocycles. The minimum atomic E-state index is -4.29. The van der Waals surface area contributed by atoms with Gasteiger partial charge in [0.15, 0.2) is 0 Å². The molecule has 0 aliphatic carbocycles. The van der Waals surface area contributed by atoms with E-state index in [9.17, 15) is 13.2 Å². The summed E-state index contributed by atoms with van der Waals surface area (Å²) in [6, 6.07) is 16.4. The highest BCUT2D eigenvalue weighted by Gasteiger charge is 2.31. The molecule has 0 unspecified atom stereocenters. The molecule has 0 atom stereocenters. The Labute approximate surface area is 118 Å². The molecule has 20 heavy (non-hydrogen) atoms. The highest BCUT2D eigenvalue weighted by atomic mass is 32.2. The van der Waals surface area contributed by atoms with Crippen LogP contribution < -0.4 is 0 Å². The maximum atomic E-state index is 12.6. The van der Waals surface area contributed by atoms with Gasteiger partial charge in [0.05, 0.1) is 5.52 Å². The number of benzene rings is 2. The Morgan fingerprint density at radius 1 is 0.850 bits per heavy atom. The Kier molecular flexibility index (Phi) is 3.22. The van der Waals surface area contributed by atoms with Crippen LogP contribution in [0.3, 0.4) is 0 Å². The Morgan fingerprint density at radius 2 is 1.50 bits per heavy atom. The van der Waals surface area contributed by atoms with E-state index >= 15 is 0 Å². The summed E-state index contributed by atoms with van der Waals surface area (Å²) < 4.78 is 39.7. The highest BCUT2D eigenvalue weighted by Crippen LogP contribution is 2.41. The number of rotatable bonds is 2. The molecule has 0 bridgehead atoms. The van der Waals surface area contributed by atoms with Crippen LogP contribution in [0, 0.1) is 0 Å². The van der Waals surface area contributed by atoms with Gasteiger partial charge >= 0.3 is 5.51 Å². The van der Waals surface area contributed by atoms with Gasteiger partial charge in [-0.05, 0) is 30.0 Å². The molecule has 0 aliphatic rings. The van der Waals surface area contributed by atoms with Crippen LogP contribution >= 0.6 is 11.8 Å². The van der Waals surface area contributed by atoms with Crippen molar-refractivity contribution in [1.82, 2.24) is 4.57 Å². The van der Waals surface area contributed by atoms with Crippen molar-refractivity contribution in [2.45, 2.75) is 10.4 Å². The lowest BCUT2D eigenvalue weighted by Gasteiger charge is -2.04. The highest BCUT2D eigenvalue weighted by molar-refractivity contribution is 8.00. The summed E-state index contributed by atoms with van der Waals surface area (Å²) in [5.74, 6) is 0. The first kappa shape index (κ1) is 13.1. The molecule has 0 fully saturated rings. The largest absolute Gasteiger partial charge is 0.446 e. The van der Waals surface area contributed by atoms with Gasteiger partial charge in [0.25, 0.3) is 0 Å². The SMILES string of the molecule is FC(F)(F)Sc1cn(-c2ccccc2)c2ccccc12. The van der Waals surface area contributed by atoms with E-state index in [1.165, 1.54) is 6.20 Å². The van der Waals surface area contributed by atoms with Crippen molar-refractivity contribution in [3.05, 3.63) is 60.8 Å². The number of fused-ring (bicyclic) bond motifs is 1. The predicted octanol–water partition coefficient (Wildman–Crippen LogP) is 5.24. The second kappa shape index (κ2) is 4.90. The molecule has 0 amide bonds. The summed E-state index contributed by atoms with van der Waals surface area (Å²) in [5, 5.41) is 0.610. The molecule has 3 rings (SSSR count). The topological polar surface area (TPSA) is 4.93 Å². The molecule has 0 saturated heterocycles. The monoisotopic (exact) mass is 293 g/mol. The molecule has 0 N–H and O–H groups in total. The zero-order chi connectivity index (χ0) is 14.2. The number of halogens is 3. The van der Waals surface area contributed by atoms with E-state index in [0.29, 0.717) is 5.39 Å². The first-order chi connectivity index (χ1) is 9.54. The van der Waals surface area contributed by atoms with Gasteiger partial charge in [0, 0.05) is 22.2 Å².